The molecule has 138 valence electrons. The molecule has 0 radical (unpaired) electrons. The molecule has 3 N–H and O–H groups in total. The van der Waals surface area contributed by atoms with Gasteiger partial charge in [-0.05, 0) is 43.9 Å². The quantitative estimate of drug-likeness (QED) is 0.566. The largest absolute Gasteiger partial charge is 0.481 e. The lowest BCUT2D eigenvalue weighted by Gasteiger charge is -2.28. The summed E-state index contributed by atoms with van der Waals surface area (Å²) in [5.74, 6) is -1.21. The van der Waals surface area contributed by atoms with Crippen molar-refractivity contribution in [1.82, 2.24) is 5.32 Å². The third-order valence-electron chi connectivity index (χ3n) is 4.87. The van der Waals surface area contributed by atoms with E-state index in [-0.39, 0.29) is 24.7 Å². The Morgan fingerprint density at radius 1 is 1.04 bits per heavy atom. The molecule has 1 atom stereocenters. The average molecular weight is 341 g/mol. The van der Waals surface area contributed by atoms with E-state index in [1.807, 2.05) is 0 Å². The molecule has 1 amide bonds. The van der Waals surface area contributed by atoms with Crippen LogP contribution in [0, 0.1) is 17.8 Å². The summed E-state index contributed by atoms with van der Waals surface area (Å²) in [6, 6.07) is -1.11. The van der Waals surface area contributed by atoms with Crippen LogP contribution in [0.25, 0.3) is 0 Å². The lowest BCUT2D eigenvalue weighted by molar-refractivity contribution is -0.144. The van der Waals surface area contributed by atoms with Gasteiger partial charge in [-0.2, -0.15) is 0 Å². The molecule has 6 nitrogen and oxygen atoms in total. The Morgan fingerprint density at radius 2 is 1.67 bits per heavy atom. The van der Waals surface area contributed by atoms with Crippen LogP contribution in [-0.2, 0) is 14.4 Å². The molecule has 1 rings (SSSR count). The molecule has 0 unspecified atom stereocenters. The third kappa shape index (κ3) is 7.79. The van der Waals surface area contributed by atoms with Crippen molar-refractivity contribution in [3.05, 3.63) is 0 Å². The molecule has 1 aliphatic carbocycles. The molecule has 0 saturated heterocycles. The Hall–Kier alpha value is -1.59. The smallest absolute Gasteiger partial charge is 0.326 e. The van der Waals surface area contributed by atoms with Crippen LogP contribution in [-0.4, -0.2) is 34.1 Å². The summed E-state index contributed by atoms with van der Waals surface area (Å²) < 4.78 is 0. The van der Waals surface area contributed by atoms with Gasteiger partial charge in [0.15, 0.2) is 0 Å². The number of amides is 1. The zero-order chi connectivity index (χ0) is 18.1. The number of rotatable bonds is 10. The van der Waals surface area contributed by atoms with E-state index in [9.17, 15) is 14.4 Å². The van der Waals surface area contributed by atoms with E-state index in [1.54, 1.807) is 0 Å². The highest BCUT2D eigenvalue weighted by Crippen LogP contribution is 2.32. The van der Waals surface area contributed by atoms with Crippen molar-refractivity contribution in [1.29, 1.82) is 0 Å². The lowest BCUT2D eigenvalue weighted by Crippen LogP contribution is -2.44. The summed E-state index contributed by atoms with van der Waals surface area (Å²) in [6.07, 6.45) is 6.96. The minimum atomic E-state index is -1.17. The molecule has 24 heavy (non-hydrogen) atoms. The first-order valence-electron chi connectivity index (χ1n) is 9.04. The van der Waals surface area contributed by atoms with Crippen molar-refractivity contribution in [3.63, 3.8) is 0 Å². The Kier molecular flexibility index (Phi) is 8.79. The maximum absolute atomic E-state index is 12.2. The van der Waals surface area contributed by atoms with E-state index >= 15 is 0 Å². The van der Waals surface area contributed by atoms with Crippen LogP contribution in [0.1, 0.15) is 71.6 Å². The van der Waals surface area contributed by atoms with Crippen molar-refractivity contribution in [2.45, 2.75) is 77.7 Å². The first kappa shape index (κ1) is 20.5. The molecule has 1 saturated carbocycles. The zero-order valence-electron chi connectivity index (χ0n) is 14.8. The van der Waals surface area contributed by atoms with E-state index in [0.717, 1.165) is 31.6 Å². The molecule has 0 aromatic rings. The van der Waals surface area contributed by atoms with Crippen LogP contribution >= 0.6 is 0 Å². The summed E-state index contributed by atoms with van der Waals surface area (Å²) in [4.78, 5) is 34.0. The molecule has 0 bridgehead atoms. The molecular formula is C18H31NO5. The number of carbonyl (C=O) groups is 3. The first-order chi connectivity index (χ1) is 11.3. The first-order valence-corrected chi connectivity index (χ1v) is 9.04. The maximum atomic E-state index is 12.2. The van der Waals surface area contributed by atoms with Crippen LogP contribution in [0.4, 0.5) is 0 Å². The summed E-state index contributed by atoms with van der Waals surface area (Å²) in [5.41, 5.74) is 0. The summed E-state index contributed by atoms with van der Waals surface area (Å²) in [6.45, 7) is 4.45. The van der Waals surface area contributed by atoms with E-state index in [0.29, 0.717) is 5.92 Å². The predicted molar refractivity (Wildman–Crippen MR) is 90.6 cm³/mol. The molecule has 6 heteroatoms. The van der Waals surface area contributed by atoms with E-state index in [2.05, 4.69) is 19.2 Å². The minimum absolute atomic E-state index is 0.0824. The number of carboxylic acids is 2. The highest BCUT2D eigenvalue weighted by Gasteiger charge is 2.29. The van der Waals surface area contributed by atoms with E-state index in [1.165, 1.54) is 19.3 Å². The SMILES string of the molecule is CC(C)CCC[C@H]1CC[C@H](C(=O)N[C@@H](CCC(=O)O)C(=O)O)CC1. The van der Waals surface area contributed by atoms with E-state index in [4.69, 9.17) is 10.2 Å². The van der Waals surface area contributed by atoms with Gasteiger partial charge in [-0.25, -0.2) is 4.79 Å². The maximum Gasteiger partial charge on any atom is 0.326 e. The van der Waals surface area contributed by atoms with Crippen molar-refractivity contribution in [2.24, 2.45) is 17.8 Å². The molecule has 0 aromatic heterocycles. The number of hydrogen-bond donors (Lipinski definition) is 3. The predicted octanol–water partition coefficient (Wildman–Crippen LogP) is 3.05. The van der Waals surface area contributed by atoms with Gasteiger partial charge in [0.25, 0.3) is 0 Å². The lowest BCUT2D eigenvalue weighted by atomic mass is 9.79. The van der Waals surface area contributed by atoms with Crippen molar-refractivity contribution < 1.29 is 24.6 Å². The monoisotopic (exact) mass is 341 g/mol. The number of hydrogen-bond acceptors (Lipinski definition) is 3. The van der Waals surface area contributed by atoms with Crippen LogP contribution in [0.5, 0.6) is 0 Å². The topological polar surface area (TPSA) is 104 Å². The van der Waals surface area contributed by atoms with Crippen LogP contribution in [0.15, 0.2) is 0 Å². The third-order valence-corrected chi connectivity index (χ3v) is 4.87. The summed E-state index contributed by atoms with van der Waals surface area (Å²) >= 11 is 0. The Bertz CT molecular complexity index is 427. The van der Waals surface area contributed by atoms with Crippen LogP contribution in [0.2, 0.25) is 0 Å². The Labute approximate surface area is 144 Å². The number of carbonyl (C=O) groups excluding carboxylic acids is 1. The second-order valence-electron chi connectivity index (χ2n) is 7.37. The fourth-order valence-corrected chi connectivity index (χ4v) is 3.34. The number of aliphatic carboxylic acids is 2. The van der Waals surface area contributed by atoms with Gasteiger partial charge in [-0.15, -0.1) is 0 Å². The molecule has 0 heterocycles. The van der Waals surface area contributed by atoms with Crippen LogP contribution < -0.4 is 5.32 Å². The summed E-state index contributed by atoms with van der Waals surface area (Å²) in [7, 11) is 0. The van der Waals surface area contributed by atoms with Crippen molar-refractivity contribution >= 4 is 17.8 Å². The standard InChI is InChI=1S/C18H31NO5/c1-12(2)4-3-5-13-6-8-14(9-7-13)17(22)19-15(18(23)24)10-11-16(20)21/h12-15H,3-11H2,1-2H3,(H,19,22)(H,20,21)(H,23,24)/t13-,14-,15-/m0/s1. The second-order valence-corrected chi connectivity index (χ2v) is 7.37. The Morgan fingerprint density at radius 3 is 2.17 bits per heavy atom. The fraction of sp³-hybridized carbons (Fsp3) is 0.833. The van der Waals surface area contributed by atoms with Crippen molar-refractivity contribution in [2.75, 3.05) is 0 Å². The van der Waals surface area contributed by atoms with Gasteiger partial charge >= 0.3 is 11.9 Å². The van der Waals surface area contributed by atoms with Gasteiger partial charge < -0.3 is 15.5 Å². The fourth-order valence-electron chi connectivity index (χ4n) is 3.34. The average Bonchev–Trinajstić information content (AvgIpc) is 2.51. The summed E-state index contributed by atoms with van der Waals surface area (Å²) in [5, 5.41) is 20.3. The van der Waals surface area contributed by atoms with Gasteiger partial charge in [-0.3, -0.25) is 9.59 Å². The minimum Gasteiger partial charge on any atom is -0.481 e. The van der Waals surface area contributed by atoms with Gasteiger partial charge in [-0.1, -0.05) is 33.1 Å². The second kappa shape index (κ2) is 10.3. The molecule has 1 fully saturated rings. The van der Waals surface area contributed by atoms with Gasteiger partial charge in [0.1, 0.15) is 6.04 Å². The number of nitrogens with one attached hydrogen (secondary N) is 1. The highest BCUT2D eigenvalue weighted by atomic mass is 16.4. The van der Waals surface area contributed by atoms with E-state index < -0.39 is 18.0 Å². The van der Waals surface area contributed by atoms with Crippen molar-refractivity contribution in [3.8, 4) is 0 Å². The number of carboxylic acid groups (broad SMARTS) is 2. The van der Waals surface area contributed by atoms with Gasteiger partial charge in [0.2, 0.25) is 5.91 Å². The Balaban J connectivity index is 2.35. The van der Waals surface area contributed by atoms with Gasteiger partial charge in [0.05, 0.1) is 0 Å². The molecule has 0 aromatic carbocycles. The highest BCUT2D eigenvalue weighted by molar-refractivity contribution is 5.85. The van der Waals surface area contributed by atoms with Gasteiger partial charge in [0, 0.05) is 12.3 Å². The molecule has 1 aliphatic rings. The molecular weight excluding hydrogens is 310 g/mol. The molecule has 0 aliphatic heterocycles. The zero-order valence-corrected chi connectivity index (χ0v) is 14.8. The normalized spacial score (nSPS) is 22.1. The molecule has 0 spiro atoms. The van der Waals surface area contributed by atoms with Crippen LogP contribution in [0.3, 0.4) is 0 Å².